The second-order valence-corrected chi connectivity index (χ2v) is 5.60. The summed E-state index contributed by atoms with van der Waals surface area (Å²) in [6.45, 7) is -1.45. The SMILES string of the molecule is OC[C@@H](O)[C@@H](O)[C@H](O)[C@@H](O)CO.[2H][C@](N)(Cc1ccc(B(O)O)cc1)C(=O)O. The number of benzene rings is 1. The van der Waals surface area contributed by atoms with Gasteiger partial charge in [-0.25, -0.2) is 0 Å². The van der Waals surface area contributed by atoms with E-state index in [0.29, 0.717) is 11.0 Å². The molecule has 0 aliphatic carbocycles. The summed E-state index contributed by atoms with van der Waals surface area (Å²) in [4.78, 5) is 10.6. The van der Waals surface area contributed by atoms with Gasteiger partial charge in [-0.1, -0.05) is 24.3 Å². The first-order valence-corrected chi connectivity index (χ1v) is 7.78. The molecule has 0 unspecified atom stereocenters. The number of carboxylic acids is 1. The van der Waals surface area contributed by atoms with Crippen molar-refractivity contribution in [2.75, 3.05) is 13.2 Å². The zero-order valence-corrected chi connectivity index (χ0v) is 14.3. The minimum atomic E-state index is -2.07. The van der Waals surface area contributed by atoms with E-state index < -0.39 is 56.7 Å². The van der Waals surface area contributed by atoms with E-state index in [-0.39, 0.29) is 6.42 Å². The van der Waals surface area contributed by atoms with Gasteiger partial charge >= 0.3 is 13.1 Å². The lowest BCUT2D eigenvalue weighted by Gasteiger charge is -2.24. The predicted octanol–water partition coefficient (Wildman–Crippen LogP) is -5.26. The van der Waals surface area contributed by atoms with E-state index in [4.69, 9.17) is 52.9 Å². The van der Waals surface area contributed by atoms with E-state index in [1.165, 1.54) is 24.3 Å². The molecule has 0 aromatic heterocycles. The van der Waals surface area contributed by atoms with Crippen LogP contribution in [0.4, 0.5) is 0 Å². The summed E-state index contributed by atoms with van der Waals surface area (Å²) in [6.07, 6.45) is -6.54. The van der Waals surface area contributed by atoms with Crippen LogP contribution in [0.25, 0.3) is 0 Å². The van der Waals surface area contributed by atoms with Gasteiger partial charge in [0.15, 0.2) is 0 Å². The fourth-order valence-corrected chi connectivity index (χ4v) is 1.77. The molecule has 154 valence electrons. The smallest absolute Gasteiger partial charge is 0.480 e. The maximum absolute atomic E-state index is 10.6. The molecule has 0 fully saturated rings. The van der Waals surface area contributed by atoms with Crippen LogP contribution >= 0.6 is 0 Å². The van der Waals surface area contributed by atoms with Gasteiger partial charge in [0.05, 0.1) is 14.6 Å². The van der Waals surface area contributed by atoms with Crippen LogP contribution < -0.4 is 11.2 Å². The molecule has 27 heavy (non-hydrogen) atoms. The maximum atomic E-state index is 10.6. The topological polar surface area (TPSA) is 225 Å². The molecule has 0 bridgehead atoms. The number of aliphatic carboxylic acids is 1. The Hall–Kier alpha value is -1.61. The summed E-state index contributed by atoms with van der Waals surface area (Å²) < 4.78 is 7.34. The number of rotatable bonds is 9. The molecule has 12 heteroatoms. The first-order valence-electron chi connectivity index (χ1n) is 8.28. The van der Waals surface area contributed by atoms with Gasteiger partial charge in [-0.2, -0.15) is 0 Å². The zero-order valence-electron chi connectivity index (χ0n) is 15.3. The first kappa shape index (κ1) is 23.4. The van der Waals surface area contributed by atoms with E-state index in [1.54, 1.807) is 0 Å². The van der Waals surface area contributed by atoms with Crippen LogP contribution in [-0.2, 0) is 11.2 Å². The standard InChI is InChI=1S/C9H12BNO4.C6H14O6/c11-8(9(12)13)5-6-1-3-7(4-2-6)10(14)15;7-1-3(9)5(11)6(12)4(10)2-8/h1-4,8,14-15H,5,11H2,(H,12,13);3-12H,1-2H2/t8-;3-,4+,5-,6-/m01/s1/i8D;. The molecule has 0 saturated carbocycles. The molecule has 0 aliphatic heterocycles. The van der Waals surface area contributed by atoms with Crippen molar-refractivity contribution >= 4 is 18.6 Å². The number of nitrogens with two attached hydrogens (primary N) is 1. The summed E-state index contributed by atoms with van der Waals surface area (Å²) in [5.74, 6) is -1.40. The van der Waals surface area contributed by atoms with Gasteiger partial charge in [0.25, 0.3) is 0 Å². The Balaban J connectivity index is 0.000000546. The molecule has 11 N–H and O–H groups in total. The van der Waals surface area contributed by atoms with Gasteiger partial charge in [0.2, 0.25) is 0 Å². The highest BCUT2D eigenvalue weighted by molar-refractivity contribution is 6.58. The van der Waals surface area contributed by atoms with Crippen molar-refractivity contribution in [2.24, 2.45) is 5.73 Å². The minimum Gasteiger partial charge on any atom is -0.480 e. The number of hydrogen-bond acceptors (Lipinski definition) is 10. The second-order valence-electron chi connectivity index (χ2n) is 5.60. The number of carbonyl (C=O) groups is 1. The third-order valence-corrected chi connectivity index (χ3v) is 3.46. The summed E-state index contributed by atoms with van der Waals surface area (Å²) in [7, 11) is -1.56. The average molecular weight is 392 g/mol. The normalized spacial score (nSPS) is 18.0. The number of aliphatic hydroxyl groups excluding tert-OH is 6. The van der Waals surface area contributed by atoms with Crippen molar-refractivity contribution in [3.8, 4) is 0 Å². The fraction of sp³-hybridized carbons (Fsp3) is 0.533. The highest BCUT2D eigenvalue weighted by Crippen LogP contribution is 2.04. The zero-order chi connectivity index (χ0) is 22.1. The summed E-state index contributed by atoms with van der Waals surface area (Å²) in [5, 5.41) is 78.5. The average Bonchev–Trinajstić information content (AvgIpc) is 2.65. The van der Waals surface area contributed by atoms with E-state index in [2.05, 4.69) is 0 Å². The van der Waals surface area contributed by atoms with Gasteiger partial charge in [-0.15, -0.1) is 0 Å². The Morgan fingerprint density at radius 1 is 1.00 bits per heavy atom. The van der Waals surface area contributed by atoms with Gasteiger partial charge in [-0.05, 0) is 17.4 Å². The van der Waals surface area contributed by atoms with Crippen molar-refractivity contribution in [3.63, 3.8) is 0 Å². The fourth-order valence-electron chi connectivity index (χ4n) is 1.77. The van der Waals surface area contributed by atoms with Crippen LogP contribution in [0.5, 0.6) is 0 Å². The molecule has 0 heterocycles. The Bertz CT molecular complexity index is 575. The number of aliphatic hydroxyl groups is 6. The predicted molar refractivity (Wildman–Crippen MR) is 93.8 cm³/mol. The third-order valence-electron chi connectivity index (χ3n) is 3.46. The molecule has 1 aromatic rings. The minimum absolute atomic E-state index is 0.149. The van der Waals surface area contributed by atoms with Gasteiger partial charge in [0.1, 0.15) is 30.4 Å². The van der Waals surface area contributed by atoms with Crippen molar-refractivity contribution in [2.45, 2.75) is 36.9 Å². The van der Waals surface area contributed by atoms with Crippen LogP contribution in [0.15, 0.2) is 24.3 Å². The Labute approximate surface area is 157 Å². The van der Waals surface area contributed by atoms with Crippen LogP contribution in [0.3, 0.4) is 0 Å². The largest absolute Gasteiger partial charge is 0.488 e. The molecule has 0 aliphatic rings. The maximum Gasteiger partial charge on any atom is 0.488 e. The highest BCUT2D eigenvalue weighted by Gasteiger charge is 2.29. The summed E-state index contributed by atoms with van der Waals surface area (Å²) in [5.41, 5.74) is 6.10. The Morgan fingerprint density at radius 3 is 1.70 bits per heavy atom. The van der Waals surface area contributed by atoms with Gasteiger partial charge < -0.3 is 51.5 Å². The monoisotopic (exact) mass is 392 g/mol. The molecular weight excluding hydrogens is 365 g/mol. The molecule has 0 radical (unpaired) electrons. The molecule has 0 spiro atoms. The molecule has 1 rings (SSSR count). The van der Waals surface area contributed by atoms with Crippen molar-refractivity contribution in [1.29, 1.82) is 0 Å². The molecule has 11 nitrogen and oxygen atoms in total. The van der Waals surface area contributed by atoms with E-state index in [1.807, 2.05) is 0 Å². The van der Waals surface area contributed by atoms with Crippen LogP contribution in [0, 0.1) is 0 Å². The third kappa shape index (κ3) is 9.24. The van der Waals surface area contributed by atoms with Gasteiger partial charge in [0, 0.05) is 0 Å². The van der Waals surface area contributed by atoms with E-state index >= 15 is 0 Å². The van der Waals surface area contributed by atoms with Crippen molar-refractivity contribution in [3.05, 3.63) is 29.8 Å². The van der Waals surface area contributed by atoms with Crippen molar-refractivity contribution < 1.29 is 52.0 Å². The lowest BCUT2D eigenvalue weighted by Crippen LogP contribution is -2.46. The van der Waals surface area contributed by atoms with Crippen LogP contribution in [0.2, 0.25) is 0 Å². The molecule has 1 aromatic carbocycles. The first-order chi connectivity index (χ1) is 12.9. The lowest BCUT2D eigenvalue weighted by atomic mass is 9.80. The van der Waals surface area contributed by atoms with Crippen LogP contribution in [-0.4, -0.2) is 103 Å². The second kappa shape index (κ2) is 12.7. The number of carboxylic acid groups (broad SMARTS) is 1. The molecular formula is C15H26BNO10. The quantitative estimate of drug-likeness (QED) is 0.179. The molecule has 5 atom stereocenters. The van der Waals surface area contributed by atoms with Crippen molar-refractivity contribution in [1.82, 2.24) is 0 Å². The lowest BCUT2D eigenvalue weighted by molar-refractivity contribution is -0.138. The van der Waals surface area contributed by atoms with Gasteiger partial charge in [-0.3, -0.25) is 4.79 Å². The Morgan fingerprint density at radius 2 is 1.41 bits per heavy atom. The highest BCUT2D eigenvalue weighted by atomic mass is 16.4. The van der Waals surface area contributed by atoms with E-state index in [9.17, 15) is 4.79 Å². The Kier molecular flexibility index (Phi) is 11.0. The summed E-state index contributed by atoms with van der Waals surface area (Å²) >= 11 is 0. The van der Waals surface area contributed by atoms with Crippen LogP contribution in [0.1, 0.15) is 6.93 Å². The molecule has 0 saturated heterocycles. The van der Waals surface area contributed by atoms with E-state index in [0.717, 1.165) is 0 Å². The number of hydrogen-bond donors (Lipinski definition) is 10. The summed E-state index contributed by atoms with van der Waals surface area (Å²) in [6, 6.07) is 3.83. The molecule has 0 amide bonds.